The highest BCUT2D eigenvalue weighted by molar-refractivity contribution is 9.18. The van der Waals surface area contributed by atoms with Gasteiger partial charge in [0.1, 0.15) is 0 Å². The Morgan fingerprint density at radius 2 is 1.64 bits per heavy atom. The van der Waals surface area contributed by atoms with E-state index in [9.17, 15) is 0 Å². The van der Waals surface area contributed by atoms with Gasteiger partial charge in [-0.1, -0.05) is 0 Å². The van der Waals surface area contributed by atoms with E-state index in [0.717, 1.165) is 8.96 Å². The van der Waals surface area contributed by atoms with E-state index in [2.05, 4.69) is 31.9 Å². The van der Waals surface area contributed by atoms with Crippen LogP contribution in [0.5, 0.6) is 17.2 Å². The lowest BCUT2D eigenvalue weighted by molar-refractivity contribution is -0.358. The lowest BCUT2D eigenvalue weighted by atomic mass is 9.86. The van der Waals surface area contributed by atoms with Crippen LogP contribution in [0, 0.1) is 0 Å². The number of rotatable bonds is 4. The van der Waals surface area contributed by atoms with E-state index in [4.69, 9.17) is 14.2 Å². The van der Waals surface area contributed by atoms with Gasteiger partial charge in [-0.05, 0) is 40.2 Å². The molecular weight excluding hydrogens is 501 g/mol. The van der Waals surface area contributed by atoms with E-state index in [0.29, 0.717) is 39.8 Å². The number of aromatic nitrogens is 1. The van der Waals surface area contributed by atoms with Crippen molar-refractivity contribution in [2.75, 3.05) is 21.3 Å². The smallest absolute Gasteiger partial charge is 0.493 e. The summed E-state index contributed by atoms with van der Waals surface area (Å²) in [5, 5.41) is 0. The fraction of sp³-hybridized carbons (Fsp3) is 0.167. The van der Waals surface area contributed by atoms with Crippen LogP contribution in [-0.2, 0) is 0 Å². The molecule has 2 aromatic rings. The molecule has 3 heterocycles. The number of hydrogen-bond acceptors (Lipinski definition) is 3. The summed E-state index contributed by atoms with van der Waals surface area (Å²) in [4.78, 5) is 0. The van der Waals surface area contributed by atoms with Gasteiger partial charge < -0.3 is 31.8 Å². The molecule has 0 amide bonds. The van der Waals surface area contributed by atoms with Crippen LogP contribution in [0.15, 0.2) is 46.7 Å². The molecule has 0 unspecified atom stereocenters. The first kappa shape index (κ1) is 19.3. The Bertz CT molecular complexity index is 1090. The predicted molar refractivity (Wildman–Crippen MR) is 111 cm³/mol. The number of allylic oxidation sites excluding steroid dienone is 2. The van der Waals surface area contributed by atoms with Gasteiger partial charge in [0, 0.05) is 39.3 Å². The zero-order chi connectivity index (χ0) is 20.2. The quantitative estimate of drug-likeness (QED) is 0.556. The lowest BCUT2D eigenvalue weighted by Crippen LogP contribution is -2.50. The maximum Gasteiger partial charge on any atom is 0.738 e. The van der Waals surface area contributed by atoms with Crippen molar-refractivity contribution < 1.29 is 27.3 Å². The average Bonchev–Trinajstić information content (AvgIpc) is 3.25. The molecule has 0 fully saturated rings. The molecule has 0 atom stereocenters. The molecule has 0 bridgehead atoms. The topological polar surface area (TPSA) is 35.6 Å². The van der Waals surface area contributed by atoms with Gasteiger partial charge in [0.05, 0.1) is 31.5 Å². The van der Waals surface area contributed by atoms with Crippen molar-refractivity contribution in [3.8, 4) is 17.2 Å². The average molecular weight is 516 g/mol. The van der Waals surface area contributed by atoms with E-state index in [-0.39, 0.29) is 9.22 Å². The van der Waals surface area contributed by atoms with E-state index in [1.54, 1.807) is 36.4 Å². The summed E-state index contributed by atoms with van der Waals surface area (Å²) in [5.41, 5.74) is 1.97. The van der Waals surface area contributed by atoms with Crippen LogP contribution in [0.25, 0.3) is 5.57 Å². The maximum absolute atomic E-state index is 15.4. The molecule has 0 radical (unpaired) electrons. The van der Waals surface area contributed by atoms with E-state index >= 15 is 8.63 Å². The summed E-state index contributed by atoms with van der Waals surface area (Å²) >= 11 is 6.52. The molecule has 0 saturated carbocycles. The minimum atomic E-state index is -4.08. The lowest BCUT2D eigenvalue weighted by Gasteiger charge is -2.32. The van der Waals surface area contributed by atoms with Crippen LogP contribution in [0.3, 0.4) is 0 Å². The summed E-state index contributed by atoms with van der Waals surface area (Å²) in [7, 11) is 4.54. The van der Waals surface area contributed by atoms with Crippen molar-refractivity contribution in [2.45, 2.75) is 0 Å². The molecule has 2 aliphatic heterocycles. The van der Waals surface area contributed by atoms with Crippen LogP contribution in [0.4, 0.5) is 8.63 Å². The van der Waals surface area contributed by atoms with Gasteiger partial charge in [-0.2, -0.15) is 0 Å². The third kappa shape index (κ3) is 2.50. The number of ether oxygens (including phenoxy) is 3. The molecule has 10 heteroatoms. The van der Waals surface area contributed by atoms with Gasteiger partial charge >= 0.3 is 6.97 Å². The zero-order valence-corrected chi connectivity index (χ0v) is 18.3. The van der Waals surface area contributed by atoms with Crippen LogP contribution in [0.1, 0.15) is 11.3 Å². The Morgan fingerprint density at radius 3 is 2.29 bits per heavy atom. The Morgan fingerprint density at radius 1 is 0.929 bits per heavy atom. The van der Waals surface area contributed by atoms with E-state index in [1.165, 1.54) is 21.3 Å². The summed E-state index contributed by atoms with van der Waals surface area (Å²) in [6.07, 6.45) is 3.27. The normalized spacial score (nSPS) is 17.0. The molecule has 0 aliphatic carbocycles. The number of benzene rings is 1. The Balaban J connectivity index is 2.11. The van der Waals surface area contributed by atoms with Crippen molar-refractivity contribution in [3.63, 3.8) is 0 Å². The minimum absolute atomic E-state index is 0.288. The Labute approximate surface area is 177 Å². The second kappa shape index (κ2) is 6.77. The van der Waals surface area contributed by atoms with Crippen LogP contribution < -0.4 is 14.2 Å². The van der Waals surface area contributed by atoms with Gasteiger partial charge in [0.2, 0.25) is 10.4 Å². The fourth-order valence-electron chi connectivity index (χ4n) is 3.71. The SMILES string of the molecule is COc1ccc(C2=C3C=CC(Br)=[N+]3[B-](F)(F)n3c(Br)ccc32)c(OC)c1OC. The molecule has 1 aromatic carbocycles. The monoisotopic (exact) mass is 514 g/mol. The third-order valence-corrected chi connectivity index (χ3v) is 6.14. The standard InChI is InChI=1S/C18H15BBr2F2N2O3/c1-26-13-7-4-10(17(27-2)18(13)28-3)16-11-5-8-14(20)24(11)19(22,23)25-12(16)6-9-15(25)21/h4-9H,1-3H3. The molecule has 5 nitrogen and oxygen atoms in total. The number of halogens is 4. The zero-order valence-electron chi connectivity index (χ0n) is 15.2. The molecule has 28 heavy (non-hydrogen) atoms. The van der Waals surface area contributed by atoms with Crippen molar-refractivity contribution in [3.05, 3.63) is 58.0 Å². The molecule has 2 aliphatic rings. The number of hydrogen-bond donors (Lipinski definition) is 0. The predicted octanol–water partition coefficient (Wildman–Crippen LogP) is 4.65. The van der Waals surface area contributed by atoms with Crippen LogP contribution >= 0.6 is 31.9 Å². The van der Waals surface area contributed by atoms with Crippen LogP contribution in [0.2, 0.25) is 0 Å². The highest BCUT2D eigenvalue weighted by atomic mass is 79.9. The first-order chi connectivity index (χ1) is 13.4. The van der Waals surface area contributed by atoms with E-state index in [1.807, 2.05) is 0 Å². The second-order valence-corrected chi connectivity index (χ2v) is 7.79. The molecule has 146 valence electrons. The number of fused-ring (bicyclic) bond motifs is 2. The third-order valence-electron chi connectivity index (χ3n) is 4.84. The van der Waals surface area contributed by atoms with Gasteiger partial charge in [-0.3, -0.25) is 0 Å². The highest BCUT2D eigenvalue weighted by Gasteiger charge is 2.54. The van der Waals surface area contributed by atoms with Crippen molar-refractivity contribution in [1.82, 2.24) is 4.48 Å². The van der Waals surface area contributed by atoms with E-state index < -0.39 is 6.97 Å². The molecule has 1 aromatic heterocycles. The van der Waals surface area contributed by atoms with Gasteiger partial charge in [0.25, 0.3) is 0 Å². The summed E-state index contributed by atoms with van der Waals surface area (Å²) < 4.78 is 49.7. The van der Waals surface area contributed by atoms with Crippen LogP contribution in [-0.4, -0.2) is 41.9 Å². The first-order valence-electron chi connectivity index (χ1n) is 8.29. The first-order valence-corrected chi connectivity index (χ1v) is 9.88. The molecule has 0 spiro atoms. The summed E-state index contributed by atoms with van der Waals surface area (Å²) in [6.45, 7) is -4.08. The Kier molecular flexibility index (Phi) is 4.66. The van der Waals surface area contributed by atoms with Crippen molar-refractivity contribution >= 4 is 49.0 Å². The number of nitrogens with zero attached hydrogens (tertiary/aromatic N) is 2. The Hall–Kier alpha value is -2.07. The highest BCUT2D eigenvalue weighted by Crippen LogP contribution is 2.48. The molecule has 4 rings (SSSR count). The second-order valence-electron chi connectivity index (χ2n) is 6.17. The van der Waals surface area contributed by atoms with Crippen molar-refractivity contribution in [2.24, 2.45) is 0 Å². The molecule has 0 N–H and O–H groups in total. The largest absolute Gasteiger partial charge is 0.738 e. The van der Waals surface area contributed by atoms with Crippen molar-refractivity contribution in [1.29, 1.82) is 0 Å². The van der Waals surface area contributed by atoms with Gasteiger partial charge in [-0.25, -0.2) is 0 Å². The fourth-order valence-corrected chi connectivity index (χ4v) is 4.85. The summed E-state index contributed by atoms with van der Waals surface area (Å²) in [6, 6.07) is 6.78. The van der Waals surface area contributed by atoms with Gasteiger partial charge in [-0.15, -0.1) is 0 Å². The molecular formula is C18H15BBr2F2N2O3. The number of methoxy groups -OCH3 is 3. The maximum atomic E-state index is 15.4. The summed E-state index contributed by atoms with van der Waals surface area (Å²) in [5.74, 6) is 1.29. The van der Waals surface area contributed by atoms with Gasteiger partial charge in [0.15, 0.2) is 17.2 Å². The molecule has 0 saturated heterocycles. The minimum Gasteiger partial charge on any atom is -0.493 e.